The number of methoxy groups -OCH3 is 1. The molecule has 5 rings (SSSR count). The van der Waals surface area contributed by atoms with Gasteiger partial charge in [0.05, 0.1) is 19.3 Å². The third-order valence-electron chi connectivity index (χ3n) is 8.03. The zero-order valence-electron chi connectivity index (χ0n) is 25.0. The van der Waals surface area contributed by atoms with Gasteiger partial charge in [0.15, 0.2) is 6.10 Å². The van der Waals surface area contributed by atoms with Crippen LogP contribution in [-0.2, 0) is 22.4 Å². The van der Waals surface area contributed by atoms with Gasteiger partial charge in [-0.15, -0.1) is 0 Å². The Kier molecular flexibility index (Phi) is 7.60. The maximum Gasteiger partial charge on any atom is 0.337 e. The monoisotopic (exact) mass is 557 g/mol. The summed E-state index contributed by atoms with van der Waals surface area (Å²) in [7, 11) is 1.62. The molecule has 7 nitrogen and oxygen atoms in total. The number of fused-ring (bicyclic) bond motifs is 2. The van der Waals surface area contributed by atoms with Crippen LogP contribution >= 0.6 is 0 Å². The van der Waals surface area contributed by atoms with E-state index >= 15 is 0 Å². The predicted octanol–water partition coefficient (Wildman–Crippen LogP) is 6.76. The van der Waals surface area contributed by atoms with Crippen molar-refractivity contribution in [1.82, 2.24) is 0 Å². The molecule has 0 bridgehead atoms. The third kappa shape index (κ3) is 5.31. The molecule has 2 aliphatic heterocycles. The molecular weight excluding hydrogens is 518 g/mol. The number of aliphatic carboxylic acids is 1. The average molecular weight is 558 g/mol. The van der Waals surface area contributed by atoms with Gasteiger partial charge in [-0.05, 0) is 130 Å². The Bertz CT molecular complexity index is 1530. The summed E-state index contributed by atoms with van der Waals surface area (Å²) in [6.45, 7) is 12.7. The van der Waals surface area contributed by atoms with Crippen molar-refractivity contribution in [3.8, 4) is 22.6 Å². The minimum atomic E-state index is -1.17. The molecule has 0 aromatic heterocycles. The lowest BCUT2D eigenvalue weighted by Crippen LogP contribution is -2.29. The molecule has 1 amide bonds. The fourth-order valence-corrected chi connectivity index (χ4v) is 6.19. The SMILES string of the molecule is COc1ccc(C(=O)N2CCc3c2cc(C)c(C(OC(C)(C)C)C(=O)O)c3-c2ccc3c(c2C)CCCO3)cc1C. The van der Waals surface area contributed by atoms with Gasteiger partial charge in [0.1, 0.15) is 11.5 Å². The number of hydrogen-bond acceptors (Lipinski definition) is 5. The van der Waals surface area contributed by atoms with Crippen LogP contribution in [0.25, 0.3) is 11.1 Å². The van der Waals surface area contributed by atoms with Gasteiger partial charge in [0, 0.05) is 23.4 Å². The number of hydrogen-bond donors (Lipinski definition) is 1. The molecule has 1 unspecified atom stereocenters. The first-order valence-electron chi connectivity index (χ1n) is 14.2. The largest absolute Gasteiger partial charge is 0.496 e. The Morgan fingerprint density at radius 2 is 1.76 bits per heavy atom. The van der Waals surface area contributed by atoms with Crippen molar-refractivity contribution in [3.05, 3.63) is 75.3 Å². The summed E-state index contributed by atoms with van der Waals surface area (Å²) in [6, 6.07) is 11.4. The molecule has 0 saturated carbocycles. The van der Waals surface area contributed by atoms with Crippen molar-refractivity contribution in [2.24, 2.45) is 0 Å². The second-order valence-corrected chi connectivity index (χ2v) is 12.0. The number of anilines is 1. The fraction of sp³-hybridized carbons (Fsp3) is 0.412. The number of nitrogens with zero attached hydrogens (tertiary/aromatic N) is 1. The van der Waals surface area contributed by atoms with Crippen LogP contribution in [0, 0.1) is 20.8 Å². The third-order valence-corrected chi connectivity index (χ3v) is 8.03. The molecule has 0 spiro atoms. The second-order valence-electron chi connectivity index (χ2n) is 12.0. The lowest BCUT2D eigenvalue weighted by Gasteiger charge is -2.30. The van der Waals surface area contributed by atoms with Crippen LogP contribution in [-0.4, -0.2) is 42.8 Å². The number of benzene rings is 3. The highest BCUT2D eigenvalue weighted by atomic mass is 16.5. The molecule has 7 heteroatoms. The van der Waals surface area contributed by atoms with Crippen molar-refractivity contribution in [2.75, 3.05) is 25.2 Å². The van der Waals surface area contributed by atoms with Gasteiger partial charge in [-0.25, -0.2) is 4.79 Å². The van der Waals surface area contributed by atoms with Crippen molar-refractivity contribution in [3.63, 3.8) is 0 Å². The average Bonchev–Trinajstić information content (AvgIpc) is 3.34. The van der Waals surface area contributed by atoms with E-state index in [1.165, 1.54) is 0 Å². The van der Waals surface area contributed by atoms with Crippen LogP contribution < -0.4 is 14.4 Å². The predicted molar refractivity (Wildman–Crippen MR) is 159 cm³/mol. The van der Waals surface area contributed by atoms with E-state index in [9.17, 15) is 14.7 Å². The second kappa shape index (κ2) is 10.9. The zero-order valence-corrected chi connectivity index (χ0v) is 25.0. The van der Waals surface area contributed by atoms with Crippen molar-refractivity contribution < 1.29 is 28.9 Å². The number of aryl methyl sites for hydroxylation is 2. The van der Waals surface area contributed by atoms with E-state index in [4.69, 9.17) is 14.2 Å². The number of carbonyl (C=O) groups is 2. The molecule has 1 N–H and O–H groups in total. The normalized spacial score (nSPS) is 15.1. The maximum atomic E-state index is 13.8. The summed E-state index contributed by atoms with van der Waals surface area (Å²) in [5, 5.41) is 10.4. The minimum absolute atomic E-state index is 0.0936. The highest BCUT2D eigenvalue weighted by Crippen LogP contribution is 2.47. The van der Waals surface area contributed by atoms with E-state index in [-0.39, 0.29) is 5.91 Å². The standard InChI is InChI=1S/C34H39NO6/c1-19-17-22(10-12-27(19)39-7)32(36)35-15-14-25-26(35)18-20(2)29(31(33(37)38)41-34(4,5)6)30(25)24-11-13-28-23(21(24)3)9-8-16-40-28/h10-13,17-18,31H,8-9,14-16H2,1-7H3,(H,37,38). The molecular formula is C34H39NO6. The minimum Gasteiger partial charge on any atom is -0.496 e. The van der Waals surface area contributed by atoms with Crippen LogP contribution in [0.3, 0.4) is 0 Å². The highest BCUT2D eigenvalue weighted by molar-refractivity contribution is 6.08. The topological polar surface area (TPSA) is 85.3 Å². The fourth-order valence-electron chi connectivity index (χ4n) is 6.19. The molecule has 3 aromatic rings. The van der Waals surface area contributed by atoms with Gasteiger partial charge in [0.25, 0.3) is 5.91 Å². The lowest BCUT2D eigenvalue weighted by atomic mass is 9.83. The number of rotatable bonds is 6. The van der Waals surface area contributed by atoms with Crippen LogP contribution in [0.5, 0.6) is 11.5 Å². The first-order chi connectivity index (χ1) is 19.4. The van der Waals surface area contributed by atoms with E-state index in [1.54, 1.807) is 13.2 Å². The van der Waals surface area contributed by atoms with Gasteiger partial charge in [-0.1, -0.05) is 6.07 Å². The number of carboxylic acid groups (broad SMARTS) is 1. The van der Waals surface area contributed by atoms with Crippen molar-refractivity contribution in [2.45, 2.75) is 72.5 Å². The molecule has 216 valence electrons. The first kappa shape index (κ1) is 28.7. The van der Waals surface area contributed by atoms with E-state index in [2.05, 4.69) is 6.92 Å². The summed E-state index contributed by atoms with van der Waals surface area (Å²) in [6.07, 6.45) is 1.27. The molecule has 0 aliphatic carbocycles. The van der Waals surface area contributed by atoms with Gasteiger partial charge >= 0.3 is 5.97 Å². The van der Waals surface area contributed by atoms with Crippen molar-refractivity contribution in [1.29, 1.82) is 0 Å². The van der Waals surface area contributed by atoms with E-state index in [0.717, 1.165) is 69.0 Å². The summed E-state index contributed by atoms with van der Waals surface area (Å²) < 4.78 is 17.5. The summed E-state index contributed by atoms with van der Waals surface area (Å²) >= 11 is 0. The van der Waals surface area contributed by atoms with E-state index in [1.807, 2.05) is 69.9 Å². The Morgan fingerprint density at radius 1 is 1.00 bits per heavy atom. The maximum absolute atomic E-state index is 13.8. The number of carboxylic acids is 1. The van der Waals surface area contributed by atoms with Gasteiger partial charge in [0.2, 0.25) is 0 Å². The van der Waals surface area contributed by atoms with Crippen molar-refractivity contribution >= 4 is 17.6 Å². The Hall–Kier alpha value is -3.84. The highest BCUT2D eigenvalue weighted by Gasteiger charge is 2.37. The van der Waals surface area contributed by atoms with Gasteiger partial charge in [-0.2, -0.15) is 0 Å². The Morgan fingerprint density at radius 3 is 2.41 bits per heavy atom. The quantitative estimate of drug-likeness (QED) is 0.361. The molecule has 2 heterocycles. The van der Waals surface area contributed by atoms with E-state index < -0.39 is 17.7 Å². The van der Waals surface area contributed by atoms with Gasteiger partial charge < -0.3 is 24.2 Å². The number of carbonyl (C=O) groups excluding carboxylic acids is 1. The molecule has 0 saturated heterocycles. The smallest absolute Gasteiger partial charge is 0.337 e. The molecule has 0 radical (unpaired) electrons. The lowest BCUT2D eigenvalue weighted by molar-refractivity contribution is -0.160. The number of amides is 1. The zero-order chi connectivity index (χ0) is 29.6. The molecule has 2 aliphatic rings. The van der Waals surface area contributed by atoms with E-state index in [0.29, 0.717) is 30.7 Å². The molecule has 3 aromatic carbocycles. The summed E-state index contributed by atoms with van der Waals surface area (Å²) in [5.41, 5.74) is 8.02. The number of ether oxygens (including phenoxy) is 3. The summed E-state index contributed by atoms with van der Waals surface area (Å²) in [4.78, 5) is 28.4. The van der Waals surface area contributed by atoms with Crippen LogP contribution in [0.15, 0.2) is 36.4 Å². The Labute approximate surface area is 242 Å². The first-order valence-corrected chi connectivity index (χ1v) is 14.2. The molecule has 41 heavy (non-hydrogen) atoms. The van der Waals surface area contributed by atoms with Crippen LogP contribution in [0.4, 0.5) is 5.69 Å². The summed E-state index contributed by atoms with van der Waals surface area (Å²) in [5.74, 6) is 0.485. The molecule has 0 fully saturated rings. The van der Waals surface area contributed by atoms with Gasteiger partial charge in [-0.3, -0.25) is 4.79 Å². The molecule has 1 atom stereocenters. The van der Waals surface area contributed by atoms with Crippen LogP contribution in [0.2, 0.25) is 0 Å². The Balaban J connectivity index is 1.72. The van der Waals surface area contributed by atoms with Crippen LogP contribution in [0.1, 0.15) is 77.0 Å².